The molecule has 138 heavy (non-hydrogen) atoms. The molecule has 2 atom stereocenters. The average Bonchev–Trinajstić information content (AvgIpc) is 0.808. The molecular formula is C8H25F3O62Si65. The van der Waals surface area contributed by atoms with Gasteiger partial charge in [0.25, 0.3) is 8.92 Å². The van der Waals surface area contributed by atoms with Crippen LogP contribution in [0.25, 0.3) is 0 Å². The van der Waals surface area contributed by atoms with Crippen LogP contribution in [0.2, 0.25) is 38.8 Å². The van der Waals surface area contributed by atoms with E-state index < -0.39 is 525 Å². The van der Waals surface area contributed by atoms with Gasteiger partial charge in [0.1, 0.15) is 7.59 Å². The molecule has 0 amide bonds. The van der Waals surface area contributed by atoms with Crippen LogP contribution in [0.3, 0.4) is 0 Å². The summed E-state index contributed by atoms with van der Waals surface area (Å²) in [5.41, 5.74) is 0. The zero-order chi connectivity index (χ0) is 109. The van der Waals surface area contributed by atoms with Crippen LogP contribution in [0.4, 0.5) is 13.2 Å². The quantitative estimate of drug-likeness (QED) is 0.0510. The van der Waals surface area contributed by atoms with Gasteiger partial charge in [0, 0.05) is 6.42 Å². The second-order valence-electron chi connectivity index (χ2n) is 25.6. The van der Waals surface area contributed by atoms with E-state index in [1.807, 2.05) is 0 Å². The third-order valence-corrected chi connectivity index (χ3v) is 516. The topological polar surface area (TPSA) is 1040 Å². The van der Waals surface area contributed by atoms with Crippen LogP contribution in [0.1, 0.15) is 6.42 Å². The van der Waals surface area contributed by atoms with E-state index in [-0.39, 0.29) is 0 Å². The summed E-state index contributed by atoms with van der Waals surface area (Å²) in [5, 5.41) is 0. The molecule has 2 unspecified atom stereocenters. The maximum atomic E-state index is 13.7. The molecular weight excluding hydrogens is 2970 g/mol. The van der Waals surface area contributed by atoms with Crippen LogP contribution in [0.15, 0.2) is 0 Å². The molecule has 0 radical (unpaired) electrons. The summed E-state index contributed by atoms with van der Waals surface area (Å²) in [6, 6.07) is -1.55. The maximum Gasteiger partial charge on any atom is 0.388 e. The van der Waals surface area contributed by atoms with Crippen LogP contribution in [0, 0.1) is 0 Å². The summed E-state index contributed by atoms with van der Waals surface area (Å²) < 4.78 is 825. The summed E-state index contributed by atoms with van der Waals surface area (Å²) in [5.74, 6) is 0. The number of halogens is 3. The van der Waals surface area contributed by atoms with Crippen molar-refractivity contribution in [2.75, 3.05) is 0 Å². The van der Waals surface area contributed by atoms with Crippen molar-refractivity contribution in [1.29, 1.82) is 0 Å². The largest absolute Gasteiger partial charge is 0.457 e. The first-order chi connectivity index (χ1) is 62.6. The molecule has 0 rings (SSSR count). The number of hydrogen-bond acceptors (Lipinski definition) is 62. The second kappa shape index (κ2) is 61.6. The van der Waals surface area contributed by atoms with E-state index in [1.165, 1.54) is 26.2 Å². The van der Waals surface area contributed by atoms with Crippen molar-refractivity contribution in [3.05, 3.63) is 0 Å². The highest BCUT2D eigenvalue weighted by Crippen LogP contribution is 2.27. The van der Waals surface area contributed by atoms with Crippen LogP contribution >= 0.6 is 0 Å². The Labute approximate surface area is 836 Å². The molecule has 710 valence electrons. The molecule has 0 aliphatic carbocycles. The fourth-order valence-corrected chi connectivity index (χ4v) is 754. The van der Waals surface area contributed by atoms with Crippen molar-refractivity contribution >= 4 is 507 Å². The van der Waals surface area contributed by atoms with Crippen LogP contribution in [-0.4, -0.2) is 513 Å². The molecule has 0 aromatic carbocycles. The minimum absolute atomic E-state index is 0.494. The molecule has 0 heterocycles. The zero-order valence-corrected chi connectivity index (χ0v) is 133. The molecule has 0 aromatic rings. The molecule has 0 N–H and O–H groups in total. The first-order valence-corrected chi connectivity index (χ1v) is 192. The van der Waals surface area contributed by atoms with Crippen molar-refractivity contribution in [2.45, 2.75) is 51.4 Å². The lowest BCUT2D eigenvalue weighted by atomic mass is 10.5. The molecule has 0 aliphatic heterocycles. The highest BCUT2D eigenvalue weighted by atomic mass is 30.2. The van der Waals surface area contributed by atoms with Gasteiger partial charge in [-0.3, -0.25) is 0 Å². The van der Waals surface area contributed by atoms with Crippen molar-refractivity contribution in [3.63, 3.8) is 0 Å². The van der Waals surface area contributed by atoms with Gasteiger partial charge in [0.15, 0.2) is 0 Å². The smallest absolute Gasteiger partial charge is 0.388 e. The lowest BCUT2D eigenvalue weighted by Gasteiger charge is -2.24. The van der Waals surface area contributed by atoms with Gasteiger partial charge >= 0.3 is 462 Å². The first-order valence-electron chi connectivity index (χ1n) is 33.4. The fraction of sp³-hybridized carbons (Fsp3) is 1.00. The molecule has 130 heteroatoms. The molecule has 0 spiro atoms. The third kappa shape index (κ3) is 37.6. The van der Waals surface area contributed by atoms with E-state index in [1.54, 1.807) is 0 Å². The Balaban J connectivity index is 6.21. The molecule has 0 aliphatic rings. The summed E-state index contributed by atoms with van der Waals surface area (Å²) in [6.45, 7) is 6.04. The van der Waals surface area contributed by atoms with E-state index in [2.05, 4.69) is 0 Å². The van der Waals surface area contributed by atoms with Gasteiger partial charge in [0.05, 0.1) is 0 Å². The second-order valence-corrected chi connectivity index (χ2v) is 342. The van der Waals surface area contributed by atoms with Gasteiger partial charge in [-0.1, -0.05) is 19.6 Å². The Bertz CT molecular complexity index is 6530. The van der Waals surface area contributed by atoms with Crippen LogP contribution in [-0.2, 0) is 276 Å². The standard InChI is InChI=1S/C8H25F3O62Si65/c1-77(74-12)72-75-78(13)80(15)82(17)84(19)86(21)89(24)125(60)128(63)130(65)132(67)134(69)136(71)138(5,7-6-8(9,10)11)73-76-79(14)81(16)83(18)85(20)87(22)88(23)90(25)91(26)92(27)93(28)94(29)95(30)96(31)97(32)98(33)99(34)100(35)101(36)102(37)103(38)104(39)105(40)106(41)107(42)108(43)109(44)110(45)111(46)112(47)113(48)114(49)115(50)116(51)117(52)118(53)119(54)120(55)121(56)122(57)123(58)124(59)126(61)127(62)129(64)131(66)133(68)135(70)137(2,3)4/h74,77H,6-7,75-76H2,1-5H3. The molecule has 0 bridgehead atoms. The fourth-order valence-electron chi connectivity index (χ4n) is 7.53. The van der Waals surface area contributed by atoms with E-state index in [0.717, 1.165) is 0 Å². The number of hydrogen-bond donors (Lipinski definition) is 0. The predicted molar refractivity (Wildman–Crippen MR) is 471 cm³/mol. The lowest BCUT2D eigenvalue weighted by molar-refractivity contribution is -0.131. The van der Waals surface area contributed by atoms with Crippen molar-refractivity contribution < 1.29 is 289 Å². The van der Waals surface area contributed by atoms with E-state index in [4.69, 9.17) is 8.23 Å². The highest BCUT2D eigenvalue weighted by molar-refractivity contribution is 7.88. The SMILES string of the molecule is C[SiH](O[SiH2][Si](=O)[Si](=O)[Si](=O)[Si](=O)[Si](=O)[Si](=O)[Si](=O)[Si](=O)[Si](=O)[Si](=O)[Si](=O)[Si](=O)[Si](C)(CCC(F)(F)F)O[SiH2][Si](=O)[Si](=O)[Si](=O)[Si](=O)[Si](=O)[Si](=O)[Si](=O)[Si](=O)[Si](=O)[Si](=O)[Si](=O)[Si](=O)[Si](=O)[Si](=O)[Si](=O)[Si](=O)[Si](=O)[Si](=O)[Si](=O)[Si](=O)[Si](=O)[Si](=O)[Si](=O)[Si](=O)[Si](=O)[Si](=O)[Si](=O)[Si](=O)[Si](=O)[Si](=O)[Si](=O)[Si](=O)[Si](=O)[Si](=O)[Si](=O)[Si](=O)[Si](=O)[Si](=O)[Si](=O)[Si](=O)[Si](=O)[Si](=O)[Si](=O)[Si](=O)[Si](=O)[Si](=O)[Si](=O)[Si](C)(C)C)[SiH]=O. The molecule has 62 nitrogen and oxygen atoms in total. The Morgan fingerprint density at radius 3 is 0.464 bits per heavy atom. The molecule has 0 fully saturated rings. The summed E-state index contributed by atoms with van der Waals surface area (Å²) in [7, 11) is -297. The molecule has 0 aromatic heterocycles. The van der Waals surface area contributed by atoms with Gasteiger partial charge in [-0.25, -0.2) is 0 Å². The monoisotopic (exact) mass is 2990 g/mol. The lowest BCUT2D eigenvalue weighted by Crippen LogP contribution is -2.60. The van der Waals surface area contributed by atoms with E-state index in [9.17, 15) is 281 Å². The van der Waals surface area contributed by atoms with E-state index >= 15 is 0 Å². The minimum Gasteiger partial charge on any atom is -0.457 e. The number of alkyl halides is 3. The number of rotatable bonds is 68. The normalized spacial score (nSPS) is 11.3. The molecule has 0 saturated heterocycles. The van der Waals surface area contributed by atoms with Gasteiger partial charge in [0.2, 0.25) is 35.0 Å². The van der Waals surface area contributed by atoms with Crippen LogP contribution in [0.5, 0.6) is 0 Å². The Kier molecular flexibility index (Phi) is 62.4. The minimum atomic E-state index is -5.28. The summed E-state index contributed by atoms with van der Waals surface area (Å²) in [6.07, 6.45) is -7.35. The maximum absolute atomic E-state index is 13.7. The van der Waals surface area contributed by atoms with Crippen LogP contribution < -0.4 is 0 Å². The molecule has 0 saturated carbocycles. The van der Waals surface area contributed by atoms with Gasteiger partial charge < -0.3 is 276 Å². The van der Waals surface area contributed by atoms with Gasteiger partial charge in [-0.2, -0.15) is 13.2 Å². The average molecular weight is 3000 g/mol. The van der Waals surface area contributed by atoms with E-state index in [0.29, 0.717) is 6.55 Å². The predicted octanol–water partition coefficient (Wildman–Crippen LogP) is -28.8. The zero-order valence-electron chi connectivity index (χ0n) is 66.4. The van der Waals surface area contributed by atoms with Crippen molar-refractivity contribution in [3.8, 4) is 0 Å². The van der Waals surface area contributed by atoms with Gasteiger partial charge in [-0.15, -0.1) is 0 Å². The van der Waals surface area contributed by atoms with Crippen molar-refractivity contribution in [2.24, 2.45) is 0 Å². The Hall–Kier alpha value is 1.81. The summed E-state index contributed by atoms with van der Waals surface area (Å²) in [4.78, 5) is 0. The Morgan fingerprint density at radius 1 is 0.210 bits per heavy atom. The highest BCUT2D eigenvalue weighted by Gasteiger charge is 2.64. The third-order valence-electron chi connectivity index (χ3n) is 15.1. The summed E-state index contributed by atoms with van der Waals surface area (Å²) >= 11 is 0. The van der Waals surface area contributed by atoms with Crippen molar-refractivity contribution in [1.82, 2.24) is 0 Å². The van der Waals surface area contributed by atoms with Gasteiger partial charge in [-0.05, 0) is 19.1 Å². The Morgan fingerprint density at radius 2 is 0.333 bits per heavy atom. The first kappa shape index (κ1) is 140.